The van der Waals surface area contributed by atoms with Crippen molar-refractivity contribution in [3.8, 4) is 0 Å². The number of nitrogens with zero attached hydrogens (tertiary/aromatic N) is 1. The predicted molar refractivity (Wildman–Crippen MR) is 90.4 cm³/mol. The summed E-state index contributed by atoms with van der Waals surface area (Å²) in [5, 5.41) is 3.36. The Hall–Kier alpha value is -2.15. The summed E-state index contributed by atoms with van der Waals surface area (Å²) in [5.41, 5.74) is -2.14. The molecular weight excluding hydrogens is 349 g/mol. The molecule has 7 heteroatoms. The minimum absolute atomic E-state index is 0.0319. The highest BCUT2D eigenvalue weighted by atomic mass is 32.2. The quantitative estimate of drug-likeness (QED) is 0.776. The van der Waals surface area contributed by atoms with Crippen molar-refractivity contribution < 1.29 is 18.0 Å². The molecule has 1 atom stereocenters. The fraction of sp³-hybridized carbons (Fsp3) is 0.278. The molecule has 1 heterocycles. The molecule has 2 aromatic carbocycles. The van der Waals surface area contributed by atoms with E-state index in [2.05, 4.69) is 5.32 Å². The molecule has 0 radical (unpaired) electrons. The molecule has 1 aliphatic heterocycles. The Kier molecular flexibility index (Phi) is 3.91. The number of hydrogen-bond acceptors (Lipinski definition) is 3. The average Bonchev–Trinajstić information content (AvgIpc) is 3.39. The van der Waals surface area contributed by atoms with Crippen LogP contribution in [0.15, 0.2) is 53.4 Å². The molecule has 4 rings (SSSR count). The molecule has 1 fully saturated rings. The molecule has 25 heavy (non-hydrogen) atoms. The second kappa shape index (κ2) is 5.98. The highest BCUT2D eigenvalue weighted by Crippen LogP contribution is 2.42. The lowest BCUT2D eigenvalue weighted by Gasteiger charge is -2.38. The van der Waals surface area contributed by atoms with Gasteiger partial charge in [0.1, 0.15) is 6.17 Å². The van der Waals surface area contributed by atoms with Gasteiger partial charge in [-0.1, -0.05) is 24.3 Å². The molecular formula is C18H15F3N2OS. The highest BCUT2D eigenvalue weighted by molar-refractivity contribution is 8.00. The lowest BCUT2D eigenvalue weighted by molar-refractivity contribution is -0.0328. The predicted octanol–water partition coefficient (Wildman–Crippen LogP) is 5.03. The summed E-state index contributed by atoms with van der Waals surface area (Å²) >= 11 is -0.136. The number of halogens is 3. The first-order valence-corrected chi connectivity index (χ1v) is 8.78. The minimum atomic E-state index is -4.31. The number of amides is 1. The number of carbonyl (C=O) groups excluding carboxylic acids is 1. The van der Waals surface area contributed by atoms with Crippen molar-refractivity contribution in [1.82, 2.24) is 4.90 Å². The topological polar surface area (TPSA) is 32.3 Å². The molecule has 0 saturated heterocycles. The lowest BCUT2D eigenvalue weighted by Crippen LogP contribution is -2.44. The van der Waals surface area contributed by atoms with Gasteiger partial charge in [-0.2, -0.15) is 13.2 Å². The number of hydrogen-bond donors (Lipinski definition) is 1. The van der Waals surface area contributed by atoms with E-state index in [0.29, 0.717) is 5.56 Å². The monoisotopic (exact) mass is 364 g/mol. The summed E-state index contributed by atoms with van der Waals surface area (Å²) in [5.74, 6) is -0.0319. The summed E-state index contributed by atoms with van der Waals surface area (Å²) < 4.78 is 37.5. The molecule has 2 aromatic rings. The van der Waals surface area contributed by atoms with Crippen LogP contribution in [0.2, 0.25) is 0 Å². The second-order valence-corrected chi connectivity index (χ2v) is 7.29. The molecule has 0 bridgehead atoms. The zero-order chi connectivity index (χ0) is 17.6. The third-order valence-corrected chi connectivity index (χ3v) is 5.07. The zero-order valence-corrected chi connectivity index (χ0v) is 13.9. The maximum Gasteiger partial charge on any atom is 0.446 e. The Bertz CT molecular complexity index is 803. The van der Waals surface area contributed by atoms with Crippen molar-refractivity contribution in [2.75, 3.05) is 5.32 Å². The molecule has 0 aromatic heterocycles. The summed E-state index contributed by atoms with van der Waals surface area (Å²) in [6.07, 6.45) is 1.54. The van der Waals surface area contributed by atoms with Crippen molar-refractivity contribution in [3.63, 3.8) is 0 Å². The Morgan fingerprint density at radius 2 is 1.72 bits per heavy atom. The SMILES string of the molecule is O=C1c2ccccc2NC(c2ccc(SC(F)(F)F)cc2)N1C1CC1. The van der Waals surface area contributed by atoms with Crippen LogP contribution in [-0.4, -0.2) is 22.4 Å². The maximum atomic E-state index is 12.9. The summed E-state index contributed by atoms with van der Waals surface area (Å²) in [6.45, 7) is 0. The standard InChI is InChI=1S/C18H15F3N2OS/c19-18(20,21)25-13-9-5-11(6-10-13)16-22-15-4-2-1-3-14(15)17(24)23(16)12-7-8-12/h1-6,9-10,12,16,22H,7-8H2. The number of anilines is 1. The fourth-order valence-electron chi connectivity index (χ4n) is 3.09. The zero-order valence-electron chi connectivity index (χ0n) is 13.1. The number of benzene rings is 2. The van der Waals surface area contributed by atoms with E-state index in [4.69, 9.17) is 0 Å². The van der Waals surface area contributed by atoms with Crippen LogP contribution in [0.5, 0.6) is 0 Å². The molecule has 1 amide bonds. The van der Waals surface area contributed by atoms with Crippen LogP contribution in [0.3, 0.4) is 0 Å². The van der Waals surface area contributed by atoms with Gasteiger partial charge < -0.3 is 10.2 Å². The van der Waals surface area contributed by atoms with E-state index in [1.165, 1.54) is 12.1 Å². The summed E-state index contributed by atoms with van der Waals surface area (Å²) in [4.78, 5) is 14.8. The minimum Gasteiger partial charge on any atom is -0.361 e. The van der Waals surface area contributed by atoms with Gasteiger partial charge in [0.2, 0.25) is 0 Å². The van der Waals surface area contributed by atoms with Gasteiger partial charge >= 0.3 is 5.51 Å². The maximum absolute atomic E-state index is 12.9. The largest absolute Gasteiger partial charge is 0.446 e. The smallest absolute Gasteiger partial charge is 0.361 e. The third-order valence-electron chi connectivity index (χ3n) is 4.33. The second-order valence-electron chi connectivity index (χ2n) is 6.15. The third kappa shape index (κ3) is 3.33. The van der Waals surface area contributed by atoms with E-state index in [0.717, 1.165) is 24.1 Å². The van der Waals surface area contributed by atoms with Crippen LogP contribution < -0.4 is 5.32 Å². The van der Waals surface area contributed by atoms with E-state index in [1.54, 1.807) is 18.2 Å². The molecule has 1 saturated carbocycles. The van der Waals surface area contributed by atoms with Crippen molar-refractivity contribution in [1.29, 1.82) is 0 Å². The van der Waals surface area contributed by atoms with Crippen molar-refractivity contribution in [2.45, 2.75) is 35.5 Å². The highest BCUT2D eigenvalue weighted by Gasteiger charge is 2.42. The lowest BCUT2D eigenvalue weighted by atomic mass is 10.0. The van der Waals surface area contributed by atoms with Crippen LogP contribution in [0.4, 0.5) is 18.9 Å². The van der Waals surface area contributed by atoms with Gasteiger partial charge in [-0.3, -0.25) is 4.79 Å². The Balaban J connectivity index is 1.65. The average molecular weight is 364 g/mol. The van der Waals surface area contributed by atoms with E-state index in [1.807, 2.05) is 23.1 Å². The van der Waals surface area contributed by atoms with Gasteiger partial charge in [0, 0.05) is 16.6 Å². The van der Waals surface area contributed by atoms with E-state index < -0.39 is 5.51 Å². The number of carbonyl (C=O) groups is 1. The summed E-state index contributed by atoms with van der Waals surface area (Å²) in [6, 6.07) is 13.7. The van der Waals surface area contributed by atoms with Gasteiger partial charge in [0.15, 0.2) is 0 Å². The number of rotatable bonds is 3. The Morgan fingerprint density at radius 1 is 1.04 bits per heavy atom. The molecule has 1 aliphatic carbocycles. The molecule has 130 valence electrons. The van der Waals surface area contributed by atoms with Gasteiger partial charge in [-0.05, 0) is 54.4 Å². The van der Waals surface area contributed by atoms with Crippen LogP contribution in [0.25, 0.3) is 0 Å². The molecule has 0 spiro atoms. The first kappa shape index (κ1) is 16.3. The summed E-state index contributed by atoms with van der Waals surface area (Å²) in [7, 11) is 0. The van der Waals surface area contributed by atoms with E-state index in [9.17, 15) is 18.0 Å². The number of alkyl halides is 3. The fourth-order valence-corrected chi connectivity index (χ4v) is 3.63. The number of fused-ring (bicyclic) bond motifs is 1. The van der Waals surface area contributed by atoms with Crippen molar-refractivity contribution in [2.24, 2.45) is 0 Å². The number of nitrogens with one attached hydrogen (secondary N) is 1. The van der Waals surface area contributed by atoms with Gasteiger partial charge in [-0.25, -0.2) is 0 Å². The van der Waals surface area contributed by atoms with E-state index >= 15 is 0 Å². The van der Waals surface area contributed by atoms with Crippen LogP contribution in [-0.2, 0) is 0 Å². The number of thioether (sulfide) groups is 1. The van der Waals surface area contributed by atoms with Gasteiger partial charge in [-0.15, -0.1) is 0 Å². The van der Waals surface area contributed by atoms with Crippen LogP contribution >= 0.6 is 11.8 Å². The van der Waals surface area contributed by atoms with Crippen molar-refractivity contribution >= 4 is 23.4 Å². The van der Waals surface area contributed by atoms with Crippen LogP contribution in [0.1, 0.15) is 34.9 Å². The normalized spacial score (nSPS) is 20.2. The Morgan fingerprint density at radius 3 is 2.36 bits per heavy atom. The first-order chi connectivity index (χ1) is 11.9. The first-order valence-electron chi connectivity index (χ1n) is 7.96. The van der Waals surface area contributed by atoms with Gasteiger partial charge in [0.25, 0.3) is 5.91 Å². The van der Waals surface area contributed by atoms with E-state index in [-0.39, 0.29) is 34.8 Å². The molecule has 2 aliphatic rings. The Labute approximate surface area is 147 Å². The molecule has 3 nitrogen and oxygen atoms in total. The van der Waals surface area contributed by atoms with Crippen LogP contribution in [0, 0.1) is 0 Å². The van der Waals surface area contributed by atoms with Crippen molar-refractivity contribution in [3.05, 3.63) is 59.7 Å². The number of para-hydroxylation sites is 1. The van der Waals surface area contributed by atoms with Gasteiger partial charge in [0.05, 0.1) is 5.56 Å². The molecule has 1 N–H and O–H groups in total. The molecule has 1 unspecified atom stereocenters.